The number of nitrogens with zero attached hydrogens (tertiary/aromatic N) is 2. The minimum atomic E-state index is -3.87. The second-order valence-corrected chi connectivity index (χ2v) is 6.76. The normalized spacial score (nSPS) is 20.2. The maximum Gasteiger partial charge on any atom is 0.271 e. The van der Waals surface area contributed by atoms with Crippen molar-refractivity contribution in [2.75, 3.05) is 20.2 Å². The van der Waals surface area contributed by atoms with Crippen LogP contribution in [0.5, 0.6) is 5.75 Å². The summed E-state index contributed by atoms with van der Waals surface area (Å²) in [6.45, 7) is 0.552. The van der Waals surface area contributed by atoms with Gasteiger partial charge in [0.15, 0.2) is 0 Å². The van der Waals surface area contributed by atoms with Crippen molar-refractivity contribution in [2.24, 2.45) is 5.73 Å². The Labute approximate surface area is 122 Å². The minimum Gasteiger partial charge on any atom is -0.495 e. The monoisotopic (exact) mass is 315 g/mol. The summed E-state index contributed by atoms with van der Waals surface area (Å²) in [5.41, 5.74) is 5.51. The summed E-state index contributed by atoms with van der Waals surface area (Å²) in [6, 6.07) is 3.29. The Morgan fingerprint density at radius 3 is 2.76 bits per heavy atom. The van der Waals surface area contributed by atoms with Gasteiger partial charge in [-0.05, 0) is 18.9 Å². The third kappa shape index (κ3) is 3.14. The lowest BCUT2D eigenvalue weighted by Crippen LogP contribution is -2.45. The van der Waals surface area contributed by atoms with Crippen molar-refractivity contribution in [3.8, 4) is 5.75 Å². The SMILES string of the molecule is COc1ccc([N+](=O)[O-])cc1S(=O)(=O)N1CCC[C@@H](N)C1. The summed E-state index contributed by atoms with van der Waals surface area (Å²) in [4.78, 5) is 10.0. The Hall–Kier alpha value is -1.71. The van der Waals surface area contributed by atoms with Crippen molar-refractivity contribution in [2.45, 2.75) is 23.8 Å². The third-order valence-electron chi connectivity index (χ3n) is 3.40. The van der Waals surface area contributed by atoms with E-state index in [0.29, 0.717) is 13.0 Å². The molecule has 0 aromatic heterocycles. The molecule has 21 heavy (non-hydrogen) atoms. The Bertz CT molecular complexity index is 646. The highest BCUT2D eigenvalue weighted by atomic mass is 32.2. The van der Waals surface area contributed by atoms with Gasteiger partial charge in [0.1, 0.15) is 10.6 Å². The van der Waals surface area contributed by atoms with Crippen LogP contribution in [-0.4, -0.2) is 43.9 Å². The molecule has 2 N–H and O–H groups in total. The lowest BCUT2D eigenvalue weighted by molar-refractivity contribution is -0.385. The summed E-state index contributed by atoms with van der Waals surface area (Å²) in [5.74, 6) is 0.0831. The summed E-state index contributed by atoms with van der Waals surface area (Å²) < 4.78 is 31.6. The minimum absolute atomic E-state index is 0.0831. The first-order chi connectivity index (χ1) is 9.86. The zero-order chi connectivity index (χ0) is 15.6. The maximum absolute atomic E-state index is 12.7. The molecule has 0 aliphatic carbocycles. The molecule has 1 saturated heterocycles. The van der Waals surface area contributed by atoms with Gasteiger partial charge in [0.2, 0.25) is 10.0 Å². The molecule has 1 atom stereocenters. The van der Waals surface area contributed by atoms with Crippen LogP contribution in [0.1, 0.15) is 12.8 Å². The molecule has 1 aromatic carbocycles. The summed E-state index contributed by atoms with van der Waals surface area (Å²) >= 11 is 0. The van der Waals surface area contributed by atoms with Gasteiger partial charge in [0, 0.05) is 31.3 Å². The molecule has 0 unspecified atom stereocenters. The quantitative estimate of drug-likeness (QED) is 0.646. The number of nitro groups is 1. The standard InChI is InChI=1S/C12H17N3O5S/c1-20-11-5-4-10(15(16)17)7-12(11)21(18,19)14-6-2-3-9(13)8-14/h4-5,7,9H,2-3,6,8,13H2,1H3/t9-/m1/s1. The molecule has 1 aliphatic rings. The molecule has 0 amide bonds. The van der Waals surface area contributed by atoms with Crippen LogP contribution < -0.4 is 10.5 Å². The summed E-state index contributed by atoms with van der Waals surface area (Å²) in [7, 11) is -2.55. The first kappa shape index (κ1) is 15.7. The van der Waals surface area contributed by atoms with Crippen LogP contribution in [0.4, 0.5) is 5.69 Å². The predicted octanol–water partition coefficient (Wildman–Crippen LogP) is 0.715. The van der Waals surface area contributed by atoms with E-state index in [4.69, 9.17) is 10.5 Å². The molecule has 1 heterocycles. The fourth-order valence-corrected chi connectivity index (χ4v) is 4.02. The van der Waals surface area contributed by atoms with Gasteiger partial charge in [0.25, 0.3) is 5.69 Å². The highest BCUT2D eigenvalue weighted by Crippen LogP contribution is 2.31. The molecule has 116 valence electrons. The highest BCUT2D eigenvalue weighted by molar-refractivity contribution is 7.89. The van der Waals surface area contributed by atoms with Crippen molar-refractivity contribution < 1.29 is 18.1 Å². The molecular formula is C12H17N3O5S. The van der Waals surface area contributed by atoms with Crippen molar-refractivity contribution in [3.63, 3.8) is 0 Å². The van der Waals surface area contributed by atoms with Crippen LogP contribution in [0.15, 0.2) is 23.1 Å². The van der Waals surface area contributed by atoms with Crippen molar-refractivity contribution in [1.29, 1.82) is 0 Å². The number of benzene rings is 1. The second-order valence-electron chi connectivity index (χ2n) is 4.86. The molecule has 1 aliphatic heterocycles. The number of hydrogen-bond acceptors (Lipinski definition) is 6. The Morgan fingerprint density at radius 1 is 1.48 bits per heavy atom. The number of hydrogen-bond donors (Lipinski definition) is 1. The number of methoxy groups -OCH3 is 1. The fourth-order valence-electron chi connectivity index (χ4n) is 2.31. The number of nitro benzene ring substituents is 1. The number of sulfonamides is 1. The van der Waals surface area contributed by atoms with E-state index in [-0.39, 0.29) is 28.9 Å². The molecule has 0 bridgehead atoms. The number of ether oxygens (including phenoxy) is 1. The number of piperidine rings is 1. The first-order valence-electron chi connectivity index (χ1n) is 6.44. The van der Waals surface area contributed by atoms with E-state index in [0.717, 1.165) is 12.5 Å². The smallest absolute Gasteiger partial charge is 0.271 e. The molecule has 1 fully saturated rings. The lowest BCUT2D eigenvalue weighted by atomic mass is 10.1. The molecule has 9 heteroatoms. The average molecular weight is 315 g/mol. The van der Waals surface area contributed by atoms with Gasteiger partial charge in [-0.2, -0.15) is 4.31 Å². The van der Waals surface area contributed by atoms with Crippen LogP contribution >= 0.6 is 0 Å². The van der Waals surface area contributed by atoms with Gasteiger partial charge < -0.3 is 10.5 Å². The zero-order valence-corrected chi connectivity index (χ0v) is 12.4. The highest BCUT2D eigenvalue weighted by Gasteiger charge is 2.32. The van der Waals surface area contributed by atoms with Crippen LogP contribution in [0.25, 0.3) is 0 Å². The van der Waals surface area contributed by atoms with E-state index in [2.05, 4.69) is 0 Å². The molecular weight excluding hydrogens is 298 g/mol. The van der Waals surface area contributed by atoms with E-state index < -0.39 is 14.9 Å². The van der Waals surface area contributed by atoms with Gasteiger partial charge in [-0.3, -0.25) is 10.1 Å². The van der Waals surface area contributed by atoms with E-state index in [1.54, 1.807) is 0 Å². The van der Waals surface area contributed by atoms with E-state index in [1.165, 1.54) is 23.5 Å². The molecule has 0 saturated carbocycles. The molecule has 0 spiro atoms. The van der Waals surface area contributed by atoms with E-state index in [1.807, 2.05) is 0 Å². The molecule has 8 nitrogen and oxygen atoms in total. The number of rotatable bonds is 4. The zero-order valence-electron chi connectivity index (χ0n) is 11.6. The van der Waals surface area contributed by atoms with Crippen LogP contribution in [0.2, 0.25) is 0 Å². The first-order valence-corrected chi connectivity index (χ1v) is 7.88. The van der Waals surface area contributed by atoms with Crippen LogP contribution in [-0.2, 0) is 10.0 Å². The predicted molar refractivity (Wildman–Crippen MR) is 75.6 cm³/mol. The van der Waals surface area contributed by atoms with E-state index >= 15 is 0 Å². The average Bonchev–Trinajstić information content (AvgIpc) is 2.46. The van der Waals surface area contributed by atoms with E-state index in [9.17, 15) is 18.5 Å². The van der Waals surface area contributed by atoms with Gasteiger partial charge in [0.05, 0.1) is 12.0 Å². The number of non-ortho nitro benzene ring substituents is 1. The summed E-state index contributed by atoms with van der Waals surface area (Å²) in [6.07, 6.45) is 1.43. The topological polar surface area (TPSA) is 116 Å². The second kappa shape index (κ2) is 5.96. The number of nitrogens with two attached hydrogens (primary N) is 1. The Kier molecular flexibility index (Phi) is 4.45. The molecule has 2 rings (SSSR count). The molecule has 0 radical (unpaired) electrons. The van der Waals surface area contributed by atoms with Gasteiger partial charge >= 0.3 is 0 Å². The van der Waals surface area contributed by atoms with Gasteiger partial charge in [-0.15, -0.1) is 0 Å². The van der Waals surface area contributed by atoms with Gasteiger partial charge in [-0.1, -0.05) is 0 Å². The van der Waals surface area contributed by atoms with Crippen LogP contribution in [0, 0.1) is 10.1 Å². The summed E-state index contributed by atoms with van der Waals surface area (Å²) in [5, 5.41) is 10.8. The Balaban J connectivity index is 2.47. The van der Waals surface area contributed by atoms with Crippen molar-refractivity contribution in [3.05, 3.63) is 28.3 Å². The largest absolute Gasteiger partial charge is 0.495 e. The fraction of sp³-hybridized carbons (Fsp3) is 0.500. The van der Waals surface area contributed by atoms with Crippen molar-refractivity contribution >= 4 is 15.7 Å². The Morgan fingerprint density at radius 2 is 2.19 bits per heavy atom. The maximum atomic E-state index is 12.7. The van der Waals surface area contributed by atoms with Gasteiger partial charge in [-0.25, -0.2) is 8.42 Å². The molecule has 1 aromatic rings. The third-order valence-corrected chi connectivity index (χ3v) is 5.28. The van der Waals surface area contributed by atoms with Crippen molar-refractivity contribution in [1.82, 2.24) is 4.31 Å². The lowest BCUT2D eigenvalue weighted by Gasteiger charge is -2.30. The van der Waals surface area contributed by atoms with Crippen LogP contribution in [0.3, 0.4) is 0 Å².